The van der Waals surface area contributed by atoms with Crippen LogP contribution in [0.15, 0.2) is 24.3 Å². The number of aryl methyl sites for hydroxylation is 2. The summed E-state index contributed by atoms with van der Waals surface area (Å²) in [6.07, 6.45) is 5.39. The molecule has 0 spiro atoms. The molecule has 0 heterocycles. The van der Waals surface area contributed by atoms with Crippen LogP contribution >= 0.6 is 0 Å². The molecule has 0 aromatic heterocycles. The fourth-order valence-corrected chi connectivity index (χ4v) is 2.04. The fourth-order valence-electron chi connectivity index (χ4n) is 2.04. The molecule has 1 nitrogen and oxygen atoms in total. The monoisotopic (exact) mass is 214 g/mol. The molecule has 1 atom stereocenters. The van der Waals surface area contributed by atoms with Crippen molar-refractivity contribution in [3.05, 3.63) is 41.0 Å². The van der Waals surface area contributed by atoms with Gasteiger partial charge in [0.05, 0.1) is 7.11 Å². The van der Waals surface area contributed by atoms with Crippen LogP contribution in [0.1, 0.15) is 29.5 Å². The van der Waals surface area contributed by atoms with E-state index in [1.807, 2.05) is 12.1 Å². The van der Waals surface area contributed by atoms with Gasteiger partial charge in [0.15, 0.2) is 0 Å². The number of hydrogen-bond donors (Lipinski definition) is 0. The second kappa shape index (κ2) is 4.90. The maximum Gasteiger partial charge on any atom is 0.119 e. The zero-order chi connectivity index (χ0) is 12.3. The number of benzene rings is 1. The lowest BCUT2D eigenvalue weighted by Gasteiger charge is -2.18. The molecule has 0 amide bonds. The van der Waals surface area contributed by atoms with E-state index in [9.17, 15) is 0 Å². The minimum absolute atomic E-state index is 0.191. The van der Waals surface area contributed by atoms with Crippen molar-refractivity contribution in [2.24, 2.45) is 0 Å². The van der Waals surface area contributed by atoms with Gasteiger partial charge in [-0.15, -0.1) is 6.42 Å². The van der Waals surface area contributed by atoms with Gasteiger partial charge >= 0.3 is 0 Å². The Labute approximate surface area is 98.1 Å². The number of methoxy groups -OCH3 is 1. The zero-order valence-corrected chi connectivity index (χ0v) is 10.4. The van der Waals surface area contributed by atoms with E-state index < -0.39 is 0 Å². The van der Waals surface area contributed by atoms with Crippen molar-refractivity contribution in [1.82, 2.24) is 0 Å². The summed E-state index contributed by atoms with van der Waals surface area (Å²) < 4.78 is 5.23. The third-order valence-corrected chi connectivity index (χ3v) is 2.94. The Kier molecular flexibility index (Phi) is 3.79. The second-order valence-corrected chi connectivity index (χ2v) is 4.07. The fraction of sp³-hybridized carbons (Fsp3) is 0.333. The topological polar surface area (TPSA) is 9.23 Å². The Morgan fingerprint density at radius 1 is 1.38 bits per heavy atom. The molecular weight excluding hydrogens is 196 g/mol. The van der Waals surface area contributed by atoms with Gasteiger partial charge in [-0.25, -0.2) is 0 Å². The summed E-state index contributed by atoms with van der Waals surface area (Å²) in [6, 6.07) is 4.06. The Morgan fingerprint density at radius 3 is 2.25 bits per heavy atom. The molecular formula is C15H18O. The van der Waals surface area contributed by atoms with Crippen LogP contribution in [-0.4, -0.2) is 7.11 Å². The van der Waals surface area contributed by atoms with E-state index in [2.05, 4.69) is 33.3 Å². The first-order valence-electron chi connectivity index (χ1n) is 5.31. The van der Waals surface area contributed by atoms with Crippen molar-refractivity contribution in [2.45, 2.75) is 26.7 Å². The minimum atomic E-state index is 0.191. The molecule has 16 heavy (non-hydrogen) atoms. The Bertz CT molecular complexity index is 426. The molecule has 0 fully saturated rings. The lowest BCUT2D eigenvalue weighted by molar-refractivity contribution is 0.414. The third kappa shape index (κ3) is 2.28. The number of hydrogen-bond acceptors (Lipinski definition) is 1. The summed E-state index contributed by atoms with van der Waals surface area (Å²) >= 11 is 0. The van der Waals surface area contributed by atoms with Gasteiger partial charge in [0.1, 0.15) is 5.75 Å². The molecule has 0 saturated carbocycles. The van der Waals surface area contributed by atoms with Crippen LogP contribution in [0.3, 0.4) is 0 Å². The van der Waals surface area contributed by atoms with Gasteiger partial charge in [-0.2, -0.15) is 0 Å². The molecule has 84 valence electrons. The summed E-state index contributed by atoms with van der Waals surface area (Å²) in [6.45, 7) is 10.1. The van der Waals surface area contributed by atoms with Crippen LogP contribution in [0, 0.1) is 26.2 Å². The second-order valence-electron chi connectivity index (χ2n) is 4.07. The average molecular weight is 214 g/mol. The summed E-state index contributed by atoms with van der Waals surface area (Å²) in [4.78, 5) is 0. The van der Waals surface area contributed by atoms with Gasteiger partial charge in [0.2, 0.25) is 0 Å². The van der Waals surface area contributed by atoms with Crippen LogP contribution in [0.2, 0.25) is 0 Å². The molecule has 0 aliphatic rings. The van der Waals surface area contributed by atoms with Crippen LogP contribution in [0.4, 0.5) is 0 Å². The largest absolute Gasteiger partial charge is 0.497 e. The van der Waals surface area contributed by atoms with Gasteiger partial charge in [0.25, 0.3) is 0 Å². The highest BCUT2D eigenvalue weighted by atomic mass is 16.5. The number of terminal acetylenes is 1. The van der Waals surface area contributed by atoms with E-state index in [-0.39, 0.29) is 5.92 Å². The Balaban J connectivity index is 3.25. The molecule has 1 rings (SSSR count). The van der Waals surface area contributed by atoms with E-state index in [0.29, 0.717) is 0 Å². The standard InChI is InChI=1S/C15H18O/c1-7-10(2)13(5)15-11(3)8-14(16-6)9-12(15)4/h1,8-9,13H,2H2,3-6H3. The quantitative estimate of drug-likeness (QED) is 0.698. The van der Waals surface area contributed by atoms with Crippen molar-refractivity contribution in [1.29, 1.82) is 0 Å². The highest BCUT2D eigenvalue weighted by Gasteiger charge is 2.14. The van der Waals surface area contributed by atoms with E-state index in [4.69, 9.17) is 11.2 Å². The van der Waals surface area contributed by atoms with Gasteiger partial charge in [-0.3, -0.25) is 0 Å². The number of ether oxygens (including phenoxy) is 1. The maximum atomic E-state index is 5.39. The summed E-state index contributed by atoms with van der Waals surface area (Å²) in [7, 11) is 1.68. The van der Waals surface area contributed by atoms with Crippen LogP contribution in [-0.2, 0) is 0 Å². The van der Waals surface area contributed by atoms with E-state index in [0.717, 1.165) is 11.3 Å². The van der Waals surface area contributed by atoms with Crippen LogP contribution in [0.5, 0.6) is 5.75 Å². The van der Waals surface area contributed by atoms with E-state index in [1.165, 1.54) is 16.7 Å². The van der Waals surface area contributed by atoms with Gasteiger partial charge in [0, 0.05) is 11.5 Å². The summed E-state index contributed by atoms with van der Waals surface area (Å²) in [5, 5.41) is 0. The summed E-state index contributed by atoms with van der Waals surface area (Å²) in [5.74, 6) is 3.70. The maximum absolute atomic E-state index is 5.39. The number of rotatable bonds is 3. The van der Waals surface area contributed by atoms with Crippen molar-refractivity contribution < 1.29 is 4.74 Å². The van der Waals surface area contributed by atoms with Gasteiger partial charge in [-0.05, 0) is 42.7 Å². The average Bonchev–Trinajstić information content (AvgIpc) is 2.26. The van der Waals surface area contributed by atoms with Crippen molar-refractivity contribution in [3.63, 3.8) is 0 Å². The lowest BCUT2D eigenvalue weighted by atomic mass is 9.87. The predicted molar refractivity (Wildman–Crippen MR) is 68.9 cm³/mol. The van der Waals surface area contributed by atoms with Crippen molar-refractivity contribution in [3.8, 4) is 18.1 Å². The Morgan fingerprint density at radius 2 is 1.88 bits per heavy atom. The highest BCUT2D eigenvalue weighted by molar-refractivity contribution is 5.47. The zero-order valence-electron chi connectivity index (χ0n) is 10.4. The molecule has 1 unspecified atom stereocenters. The first-order valence-corrected chi connectivity index (χ1v) is 5.31. The first kappa shape index (κ1) is 12.4. The van der Waals surface area contributed by atoms with E-state index in [1.54, 1.807) is 7.11 Å². The Hall–Kier alpha value is -1.68. The van der Waals surface area contributed by atoms with Crippen molar-refractivity contribution in [2.75, 3.05) is 7.11 Å². The first-order chi connectivity index (χ1) is 7.51. The molecule has 1 aromatic rings. The molecule has 0 aliphatic carbocycles. The number of allylic oxidation sites excluding steroid dienone is 1. The van der Waals surface area contributed by atoms with Crippen LogP contribution < -0.4 is 4.74 Å². The van der Waals surface area contributed by atoms with Crippen molar-refractivity contribution >= 4 is 0 Å². The molecule has 0 bridgehead atoms. The smallest absolute Gasteiger partial charge is 0.119 e. The van der Waals surface area contributed by atoms with Gasteiger partial charge in [-0.1, -0.05) is 19.4 Å². The minimum Gasteiger partial charge on any atom is -0.497 e. The highest BCUT2D eigenvalue weighted by Crippen LogP contribution is 2.31. The molecule has 0 saturated heterocycles. The SMILES string of the molecule is C#CC(=C)C(C)c1c(C)cc(OC)cc1C. The summed E-state index contributed by atoms with van der Waals surface area (Å²) in [5.41, 5.74) is 4.46. The predicted octanol–water partition coefficient (Wildman–Crippen LogP) is 3.60. The van der Waals surface area contributed by atoms with Gasteiger partial charge < -0.3 is 4.74 Å². The molecule has 1 heteroatoms. The normalized spacial score (nSPS) is 11.7. The van der Waals surface area contributed by atoms with E-state index >= 15 is 0 Å². The van der Waals surface area contributed by atoms with Crippen LogP contribution in [0.25, 0.3) is 0 Å². The third-order valence-electron chi connectivity index (χ3n) is 2.94. The molecule has 0 radical (unpaired) electrons. The molecule has 0 N–H and O–H groups in total. The molecule has 0 aliphatic heterocycles. The lowest BCUT2D eigenvalue weighted by Crippen LogP contribution is -2.02. The molecule has 1 aromatic carbocycles.